The van der Waals surface area contributed by atoms with Crippen LogP contribution >= 0.6 is 12.4 Å². The van der Waals surface area contributed by atoms with Crippen molar-refractivity contribution in [3.05, 3.63) is 60.0 Å². The molecule has 0 aliphatic rings. The number of nitrogens with zero attached hydrogens (tertiary/aromatic N) is 5. The molecule has 29 heavy (non-hydrogen) atoms. The fourth-order valence-corrected chi connectivity index (χ4v) is 3.49. The van der Waals surface area contributed by atoms with Gasteiger partial charge >= 0.3 is 0 Å². The Bertz CT molecular complexity index is 1320. The van der Waals surface area contributed by atoms with Gasteiger partial charge in [0.1, 0.15) is 16.9 Å². The van der Waals surface area contributed by atoms with Crippen molar-refractivity contribution in [3.63, 3.8) is 0 Å². The molecule has 5 rings (SSSR count). The summed E-state index contributed by atoms with van der Waals surface area (Å²) in [6.45, 7) is 3.92. The van der Waals surface area contributed by atoms with Crippen LogP contribution in [-0.2, 0) is 7.05 Å². The van der Waals surface area contributed by atoms with Gasteiger partial charge in [0.05, 0.1) is 16.7 Å². The van der Waals surface area contributed by atoms with Gasteiger partial charge in [0.2, 0.25) is 0 Å². The van der Waals surface area contributed by atoms with E-state index in [9.17, 15) is 0 Å². The number of nitrogens with one attached hydrogen (secondary N) is 2. The molecule has 0 bridgehead atoms. The first-order valence-corrected chi connectivity index (χ1v) is 9.08. The summed E-state index contributed by atoms with van der Waals surface area (Å²) < 4.78 is 1.82. The Morgan fingerprint density at radius 2 is 1.76 bits per heavy atom. The lowest BCUT2D eigenvalue weighted by molar-refractivity contribution is 0.783. The lowest BCUT2D eigenvalue weighted by Crippen LogP contribution is -2.02. The lowest BCUT2D eigenvalue weighted by atomic mass is 10.2. The maximum Gasteiger partial charge on any atom is 0.162 e. The molecule has 0 saturated carbocycles. The zero-order chi connectivity index (χ0) is 19.3. The molecule has 5 aromatic rings. The van der Waals surface area contributed by atoms with E-state index in [1.165, 1.54) is 0 Å². The van der Waals surface area contributed by atoms with Crippen LogP contribution in [0.4, 0.5) is 11.5 Å². The molecule has 7 nitrogen and oxygen atoms in total. The van der Waals surface area contributed by atoms with Crippen LogP contribution in [0.5, 0.6) is 0 Å². The molecular formula is C21H20ClN7. The van der Waals surface area contributed by atoms with Crippen molar-refractivity contribution in [1.82, 2.24) is 29.7 Å². The summed E-state index contributed by atoms with van der Waals surface area (Å²) >= 11 is 0. The number of imidazole rings is 1. The van der Waals surface area contributed by atoms with Crippen LogP contribution in [-0.4, -0.2) is 29.7 Å². The zero-order valence-electron chi connectivity index (χ0n) is 16.3. The van der Waals surface area contributed by atoms with E-state index in [1.54, 1.807) is 0 Å². The quantitative estimate of drug-likeness (QED) is 0.455. The third-order valence-corrected chi connectivity index (χ3v) is 4.75. The highest BCUT2D eigenvalue weighted by Crippen LogP contribution is 2.29. The molecule has 0 amide bonds. The topological polar surface area (TPSA) is 84.3 Å². The van der Waals surface area contributed by atoms with Gasteiger partial charge in [-0.2, -0.15) is 5.10 Å². The van der Waals surface area contributed by atoms with Crippen molar-refractivity contribution in [2.45, 2.75) is 13.8 Å². The maximum atomic E-state index is 4.82. The minimum Gasteiger partial charge on any atom is -0.342 e. The van der Waals surface area contributed by atoms with Gasteiger partial charge in [-0.3, -0.25) is 4.68 Å². The van der Waals surface area contributed by atoms with E-state index in [4.69, 9.17) is 9.97 Å². The third-order valence-electron chi connectivity index (χ3n) is 4.75. The molecule has 0 aliphatic heterocycles. The number of halogens is 1. The van der Waals surface area contributed by atoms with E-state index < -0.39 is 0 Å². The number of aryl methyl sites for hydroxylation is 3. The molecule has 0 unspecified atom stereocenters. The highest BCUT2D eigenvalue weighted by Gasteiger charge is 2.16. The van der Waals surface area contributed by atoms with Crippen molar-refractivity contribution in [2.24, 2.45) is 7.05 Å². The van der Waals surface area contributed by atoms with Gasteiger partial charge in [-0.25, -0.2) is 15.0 Å². The summed E-state index contributed by atoms with van der Waals surface area (Å²) in [6.07, 6.45) is 0. The van der Waals surface area contributed by atoms with Gasteiger partial charge in [0.15, 0.2) is 11.6 Å². The first kappa shape index (κ1) is 18.9. The Hall–Kier alpha value is -3.45. The molecule has 0 fully saturated rings. The number of benzene rings is 2. The number of hydrogen-bond donors (Lipinski definition) is 2. The predicted molar refractivity (Wildman–Crippen MR) is 118 cm³/mol. The van der Waals surface area contributed by atoms with Crippen LogP contribution in [0, 0.1) is 13.8 Å². The first-order valence-electron chi connectivity index (χ1n) is 9.08. The van der Waals surface area contributed by atoms with Crippen LogP contribution in [0.15, 0.2) is 48.5 Å². The van der Waals surface area contributed by atoms with E-state index in [2.05, 4.69) is 20.4 Å². The van der Waals surface area contributed by atoms with E-state index in [0.717, 1.165) is 50.7 Å². The van der Waals surface area contributed by atoms with Crippen LogP contribution < -0.4 is 5.32 Å². The molecule has 0 saturated heterocycles. The molecule has 146 valence electrons. The Morgan fingerprint density at radius 1 is 0.966 bits per heavy atom. The van der Waals surface area contributed by atoms with E-state index in [-0.39, 0.29) is 12.4 Å². The van der Waals surface area contributed by atoms with Crippen molar-refractivity contribution in [2.75, 3.05) is 5.32 Å². The zero-order valence-corrected chi connectivity index (χ0v) is 17.1. The summed E-state index contributed by atoms with van der Waals surface area (Å²) in [7, 11) is 1.91. The van der Waals surface area contributed by atoms with Gasteiger partial charge in [0.25, 0.3) is 0 Å². The summed E-state index contributed by atoms with van der Waals surface area (Å²) in [4.78, 5) is 17.3. The van der Waals surface area contributed by atoms with Crippen LogP contribution in [0.2, 0.25) is 0 Å². The number of aromatic nitrogens is 6. The predicted octanol–water partition coefficient (Wildman–Crippen LogP) is 4.69. The number of aromatic amines is 1. The number of hydrogen-bond acceptors (Lipinski definition) is 5. The molecular weight excluding hydrogens is 386 g/mol. The summed E-state index contributed by atoms with van der Waals surface area (Å²) in [5, 5.41) is 7.99. The summed E-state index contributed by atoms with van der Waals surface area (Å²) in [6, 6.07) is 16.0. The normalized spacial score (nSPS) is 11.0. The standard InChI is InChI=1S/C21H19N7.ClH/c1-12-18-19(28(3)27-12)21(26-20(25-18)14-7-5-4-6-8-14)24-15-9-10-16-17(11-15)23-13(2)22-16;/h4-11H,1-3H3,(H,22,23)(H,24,25,26);1H. The van der Waals surface area contributed by atoms with E-state index in [0.29, 0.717) is 5.82 Å². The fraction of sp³-hybridized carbons (Fsp3) is 0.143. The molecule has 0 radical (unpaired) electrons. The SMILES string of the molecule is Cc1nc2ccc(Nc3nc(-c4ccccc4)nc4c(C)nn(C)c34)cc2[nH]1.Cl. The number of anilines is 2. The van der Waals surface area contributed by atoms with Crippen molar-refractivity contribution >= 4 is 46.0 Å². The van der Waals surface area contributed by atoms with E-state index >= 15 is 0 Å². The van der Waals surface area contributed by atoms with E-state index in [1.807, 2.05) is 74.1 Å². The monoisotopic (exact) mass is 405 g/mol. The molecule has 8 heteroatoms. The second-order valence-corrected chi connectivity index (χ2v) is 6.85. The first-order chi connectivity index (χ1) is 13.6. The highest BCUT2D eigenvalue weighted by atomic mass is 35.5. The summed E-state index contributed by atoms with van der Waals surface area (Å²) in [5.41, 5.74) is 6.41. The average molecular weight is 406 g/mol. The number of fused-ring (bicyclic) bond motifs is 2. The van der Waals surface area contributed by atoms with Crippen LogP contribution in [0.3, 0.4) is 0 Å². The highest BCUT2D eigenvalue weighted by molar-refractivity contribution is 5.92. The van der Waals surface area contributed by atoms with Gasteiger partial charge < -0.3 is 10.3 Å². The fourth-order valence-electron chi connectivity index (χ4n) is 3.49. The average Bonchev–Trinajstić information content (AvgIpc) is 3.20. The third kappa shape index (κ3) is 3.30. The largest absolute Gasteiger partial charge is 0.342 e. The molecule has 2 aromatic carbocycles. The van der Waals surface area contributed by atoms with Gasteiger partial charge in [-0.05, 0) is 32.0 Å². The minimum atomic E-state index is 0. The molecule has 3 heterocycles. The molecule has 0 aliphatic carbocycles. The molecule has 3 aromatic heterocycles. The second kappa shape index (κ2) is 7.18. The Kier molecular flexibility index (Phi) is 4.68. The molecule has 0 atom stereocenters. The van der Waals surface area contributed by atoms with Crippen molar-refractivity contribution < 1.29 is 0 Å². The Labute approximate surface area is 173 Å². The minimum absolute atomic E-state index is 0. The van der Waals surface area contributed by atoms with Crippen LogP contribution in [0.25, 0.3) is 33.5 Å². The summed E-state index contributed by atoms with van der Waals surface area (Å²) in [5.74, 6) is 2.29. The molecule has 2 N–H and O–H groups in total. The maximum absolute atomic E-state index is 4.82. The van der Waals surface area contributed by atoms with Crippen LogP contribution in [0.1, 0.15) is 11.5 Å². The van der Waals surface area contributed by atoms with Crippen molar-refractivity contribution in [1.29, 1.82) is 0 Å². The number of rotatable bonds is 3. The smallest absolute Gasteiger partial charge is 0.162 e. The Morgan fingerprint density at radius 3 is 2.55 bits per heavy atom. The molecule has 0 spiro atoms. The van der Waals surface area contributed by atoms with Gasteiger partial charge in [-0.1, -0.05) is 30.3 Å². The Balaban J connectivity index is 0.00000205. The van der Waals surface area contributed by atoms with Crippen molar-refractivity contribution in [3.8, 4) is 11.4 Å². The number of H-pyrrole nitrogens is 1. The van der Waals surface area contributed by atoms with Gasteiger partial charge in [0, 0.05) is 18.3 Å². The van der Waals surface area contributed by atoms with Gasteiger partial charge in [-0.15, -0.1) is 12.4 Å². The lowest BCUT2D eigenvalue weighted by Gasteiger charge is -2.10. The second-order valence-electron chi connectivity index (χ2n) is 6.85.